The number of aliphatic hydroxyl groups excluding tert-OH is 1. The number of nitrogens with zero attached hydrogens (tertiary/aromatic N) is 1. The first kappa shape index (κ1) is 25.0. The summed E-state index contributed by atoms with van der Waals surface area (Å²) in [4.78, 5) is 16.4. The van der Waals surface area contributed by atoms with Crippen molar-refractivity contribution in [2.45, 2.75) is 45.4 Å². The highest BCUT2D eigenvalue weighted by molar-refractivity contribution is 6.42. The smallest absolute Gasteiger partial charge is 0.408 e. The molecule has 8 heteroatoms. The highest BCUT2D eigenvalue weighted by atomic mass is 35.5. The lowest BCUT2D eigenvalue weighted by Crippen LogP contribution is -2.37. The lowest BCUT2D eigenvalue weighted by Gasteiger charge is -2.28. The van der Waals surface area contributed by atoms with E-state index >= 15 is 0 Å². The number of aryl methyl sites for hydroxylation is 1. The Morgan fingerprint density at radius 2 is 1.79 bits per heavy atom. The molecule has 3 aromatic rings. The van der Waals surface area contributed by atoms with Crippen molar-refractivity contribution in [3.63, 3.8) is 0 Å². The second-order valence-electron chi connectivity index (χ2n) is 8.71. The van der Waals surface area contributed by atoms with Gasteiger partial charge < -0.3 is 15.2 Å². The third kappa shape index (κ3) is 6.44. The Bertz CT molecular complexity index is 1160. The molecule has 0 bridgehead atoms. The van der Waals surface area contributed by atoms with Gasteiger partial charge in [0.15, 0.2) is 0 Å². The third-order valence-corrected chi connectivity index (χ3v) is 5.66. The van der Waals surface area contributed by atoms with E-state index in [9.17, 15) is 14.3 Å². The highest BCUT2D eigenvalue weighted by Gasteiger charge is 2.28. The number of aromatic nitrogens is 1. The van der Waals surface area contributed by atoms with Gasteiger partial charge in [-0.2, -0.15) is 0 Å². The molecule has 5 nitrogen and oxygen atoms in total. The maximum absolute atomic E-state index is 13.6. The van der Waals surface area contributed by atoms with Crippen LogP contribution in [0, 0.1) is 12.7 Å². The largest absolute Gasteiger partial charge is 0.444 e. The van der Waals surface area contributed by atoms with E-state index in [1.807, 2.05) is 13.0 Å². The van der Waals surface area contributed by atoms with Crippen LogP contribution in [0.4, 0.5) is 9.18 Å². The molecule has 2 atom stereocenters. The van der Waals surface area contributed by atoms with E-state index < -0.39 is 29.7 Å². The molecular weight excluding hydrogens is 466 g/mol. The van der Waals surface area contributed by atoms with Gasteiger partial charge in [0, 0.05) is 11.8 Å². The number of alkyl carbamates (subject to hydrolysis) is 1. The van der Waals surface area contributed by atoms with Gasteiger partial charge in [0.1, 0.15) is 17.5 Å². The van der Waals surface area contributed by atoms with Crippen LogP contribution in [0.3, 0.4) is 0 Å². The number of carbonyl (C=O) groups is 1. The minimum absolute atomic E-state index is 0.294. The predicted octanol–water partition coefficient (Wildman–Crippen LogP) is 6.80. The standard InChI is InChI=1S/C25H25Cl2FN2O3/c1-14-9-15(17-10-18(28)13-29-12-17)5-7-19(14)23(31)22(30-24(32)33-25(2,3)4)16-6-8-20(26)21(27)11-16/h5-13,22-23,31H,1-4H3,(H,30,32). The molecule has 174 valence electrons. The summed E-state index contributed by atoms with van der Waals surface area (Å²) >= 11 is 12.2. The summed E-state index contributed by atoms with van der Waals surface area (Å²) < 4.78 is 19.0. The number of carbonyl (C=O) groups excluding carboxylic acids is 1. The Morgan fingerprint density at radius 3 is 2.39 bits per heavy atom. The molecule has 0 aliphatic carbocycles. The molecule has 1 heterocycles. The highest BCUT2D eigenvalue weighted by Crippen LogP contribution is 2.35. The molecule has 0 aliphatic heterocycles. The summed E-state index contributed by atoms with van der Waals surface area (Å²) in [5.74, 6) is -0.435. The van der Waals surface area contributed by atoms with Crippen molar-refractivity contribution in [3.8, 4) is 11.1 Å². The van der Waals surface area contributed by atoms with Gasteiger partial charge in [0.25, 0.3) is 0 Å². The molecule has 0 fully saturated rings. The van der Waals surface area contributed by atoms with E-state index in [2.05, 4.69) is 10.3 Å². The SMILES string of the molecule is Cc1cc(-c2cncc(F)c2)ccc1C(O)C(NC(=O)OC(C)(C)C)c1ccc(Cl)c(Cl)c1. The Hall–Kier alpha value is -2.67. The molecule has 33 heavy (non-hydrogen) atoms. The normalized spacial score (nSPS) is 13.3. The number of benzene rings is 2. The van der Waals surface area contributed by atoms with Crippen LogP contribution in [-0.4, -0.2) is 21.8 Å². The maximum atomic E-state index is 13.6. The summed E-state index contributed by atoms with van der Waals surface area (Å²) in [5, 5.41) is 14.7. The number of halogens is 3. The lowest BCUT2D eigenvalue weighted by molar-refractivity contribution is 0.0418. The van der Waals surface area contributed by atoms with Gasteiger partial charge in [-0.05, 0) is 68.1 Å². The Balaban J connectivity index is 1.97. The summed E-state index contributed by atoms with van der Waals surface area (Å²) in [7, 11) is 0. The molecule has 2 aromatic carbocycles. The summed E-state index contributed by atoms with van der Waals surface area (Å²) in [6.45, 7) is 7.08. The van der Waals surface area contributed by atoms with Crippen molar-refractivity contribution in [2.24, 2.45) is 0 Å². The van der Waals surface area contributed by atoms with E-state index in [4.69, 9.17) is 27.9 Å². The van der Waals surface area contributed by atoms with Crippen molar-refractivity contribution in [1.29, 1.82) is 0 Å². The van der Waals surface area contributed by atoms with Crippen molar-refractivity contribution in [1.82, 2.24) is 10.3 Å². The minimum atomic E-state index is -1.13. The quantitative estimate of drug-likeness (QED) is 0.412. The molecular formula is C25H25Cl2FN2O3. The number of amides is 1. The van der Waals surface area contributed by atoms with Crippen LogP contribution < -0.4 is 5.32 Å². The van der Waals surface area contributed by atoms with Gasteiger partial charge in [0.05, 0.1) is 22.3 Å². The van der Waals surface area contributed by atoms with Gasteiger partial charge in [-0.25, -0.2) is 9.18 Å². The van der Waals surface area contributed by atoms with E-state index in [0.29, 0.717) is 26.7 Å². The molecule has 2 unspecified atom stereocenters. The van der Waals surface area contributed by atoms with Crippen LogP contribution in [0.1, 0.15) is 49.6 Å². The summed E-state index contributed by atoms with van der Waals surface area (Å²) in [6.07, 6.45) is 0.891. The first-order valence-corrected chi connectivity index (χ1v) is 11.0. The van der Waals surface area contributed by atoms with Crippen molar-refractivity contribution in [3.05, 3.63) is 87.4 Å². The molecule has 0 saturated carbocycles. The van der Waals surface area contributed by atoms with Crippen LogP contribution in [0.15, 0.2) is 54.9 Å². The molecule has 2 N–H and O–H groups in total. The van der Waals surface area contributed by atoms with Crippen LogP contribution in [0.2, 0.25) is 10.0 Å². The number of pyridine rings is 1. The zero-order chi connectivity index (χ0) is 24.3. The van der Waals surface area contributed by atoms with E-state index in [0.717, 1.165) is 17.3 Å². The first-order chi connectivity index (χ1) is 15.4. The molecule has 1 aromatic heterocycles. The number of nitrogens with one attached hydrogen (secondary N) is 1. The second-order valence-corrected chi connectivity index (χ2v) is 9.52. The van der Waals surface area contributed by atoms with Crippen LogP contribution in [0.25, 0.3) is 11.1 Å². The van der Waals surface area contributed by atoms with Gasteiger partial charge in [-0.15, -0.1) is 0 Å². The van der Waals surface area contributed by atoms with Gasteiger partial charge >= 0.3 is 6.09 Å². The van der Waals surface area contributed by atoms with E-state index in [-0.39, 0.29) is 0 Å². The zero-order valence-corrected chi connectivity index (χ0v) is 20.2. The Kier molecular flexibility index (Phi) is 7.62. The molecule has 3 rings (SSSR count). The molecule has 0 aliphatic rings. The monoisotopic (exact) mass is 490 g/mol. The lowest BCUT2D eigenvalue weighted by atomic mass is 9.91. The number of hydrogen-bond donors (Lipinski definition) is 2. The van der Waals surface area contributed by atoms with Crippen molar-refractivity contribution < 1.29 is 19.0 Å². The first-order valence-electron chi connectivity index (χ1n) is 10.3. The Morgan fingerprint density at radius 1 is 1.06 bits per heavy atom. The average molecular weight is 491 g/mol. The summed E-state index contributed by atoms with van der Waals surface area (Å²) in [5.41, 5.74) is 2.54. The second kappa shape index (κ2) is 10.1. The van der Waals surface area contributed by atoms with Crippen molar-refractivity contribution in [2.75, 3.05) is 0 Å². The van der Waals surface area contributed by atoms with Crippen molar-refractivity contribution >= 4 is 29.3 Å². The van der Waals surface area contributed by atoms with Gasteiger partial charge in [0.2, 0.25) is 0 Å². The number of rotatable bonds is 5. The third-order valence-electron chi connectivity index (χ3n) is 4.92. The summed E-state index contributed by atoms with van der Waals surface area (Å²) in [6, 6.07) is 10.7. The number of hydrogen-bond acceptors (Lipinski definition) is 4. The fraction of sp³-hybridized carbons (Fsp3) is 0.280. The molecule has 1 amide bonds. The molecule has 0 spiro atoms. The maximum Gasteiger partial charge on any atom is 0.408 e. The average Bonchev–Trinajstić information content (AvgIpc) is 2.72. The van der Waals surface area contributed by atoms with Gasteiger partial charge in [-0.1, -0.05) is 47.5 Å². The van der Waals surface area contributed by atoms with E-state index in [1.165, 1.54) is 6.07 Å². The zero-order valence-electron chi connectivity index (χ0n) is 18.7. The number of aliphatic hydroxyl groups is 1. The fourth-order valence-corrected chi connectivity index (χ4v) is 3.73. The van der Waals surface area contributed by atoms with E-state index in [1.54, 1.807) is 57.3 Å². The van der Waals surface area contributed by atoms with Crippen LogP contribution in [0.5, 0.6) is 0 Å². The minimum Gasteiger partial charge on any atom is -0.444 e. The number of ether oxygens (including phenoxy) is 1. The van der Waals surface area contributed by atoms with Crippen LogP contribution >= 0.6 is 23.2 Å². The van der Waals surface area contributed by atoms with Gasteiger partial charge in [-0.3, -0.25) is 4.98 Å². The van der Waals surface area contributed by atoms with Crippen LogP contribution in [-0.2, 0) is 4.74 Å². The fourth-order valence-electron chi connectivity index (χ4n) is 3.42. The molecule has 0 saturated heterocycles. The molecule has 0 radical (unpaired) electrons. The predicted molar refractivity (Wildman–Crippen MR) is 128 cm³/mol. The topological polar surface area (TPSA) is 71.5 Å². The Labute approximate surface area is 202 Å².